The number of hydrogen-bond donors (Lipinski definition) is 0. The van der Waals surface area contributed by atoms with Crippen molar-refractivity contribution in [1.29, 1.82) is 0 Å². The summed E-state index contributed by atoms with van der Waals surface area (Å²) >= 11 is 0. The highest BCUT2D eigenvalue weighted by molar-refractivity contribution is 5.73. The van der Waals surface area contributed by atoms with Gasteiger partial charge in [0.2, 0.25) is 0 Å². The number of hydrogen-bond acceptors (Lipinski definition) is 5. The molecule has 0 saturated carbocycles. The van der Waals surface area contributed by atoms with Gasteiger partial charge in [-0.2, -0.15) is 4.89 Å². The van der Waals surface area contributed by atoms with Crippen LogP contribution in [0.25, 0.3) is 0 Å². The van der Waals surface area contributed by atoms with Crippen molar-refractivity contribution in [2.45, 2.75) is 39.4 Å². The van der Waals surface area contributed by atoms with Gasteiger partial charge in [-0.05, 0) is 44.9 Å². The Kier molecular flexibility index (Phi) is 5.12. The zero-order valence-electron chi connectivity index (χ0n) is 11.0. The first-order valence-electron chi connectivity index (χ1n) is 5.66. The van der Waals surface area contributed by atoms with Crippen LogP contribution in [0.3, 0.4) is 0 Å². The largest absolute Gasteiger partial charge is 0.479 e. The van der Waals surface area contributed by atoms with Crippen LogP contribution in [0, 0.1) is 0 Å². The molecule has 0 amide bonds. The molecule has 0 heterocycles. The summed E-state index contributed by atoms with van der Waals surface area (Å²) in [5, 5.41) is 4.39. The number of para-hydroxylation sites is 1. The highest BCUT2D eigenvalue weighted by atomic mass is 17.5. The minimum Gasteiger partial charge on any atom is -0.479 e. The zero-order chi connectivity index (χ0) is 13.6. The minimum atomic E-state index is -0.782. The molecule has 1 aromatic carbocycles. The number of rotatable bonds is 5. The molecule has 1 unspecified atom stereocenters. The van der Waals surface area contributed by atoms with Crippen LogP contribution < -0.4 is 4.74 Å². The SMILES string of the molecule is CC(Oc1ccccc1)C(=O)OOOC(C)(C)C. The smallest absolute Gasteiger partial charge is 0.385 e. The second-order valence-electron chi connectivity index (χ2n) is 4.74. The van der Waals surface area contributed by atoms with Crippen molar-refractivity contribution < 1.29 is 24.3 Å². The first-order chi connectivity index (χ1) is 8.38. The summed E-state index contributed by atoms with van der Waals surface area (Å²) in [6.45, 7) is 6.87. The minimum absolute atomic E-state index is 0.552. The van der Waals surface area contributed by atoms with Gasteiger partial charge in [0.1, 0.15) is 5.75 Å². The Morgan fingerprint density at radius 3 is 2.33 bits per heavy atom. The molecule has 0 bridgehead atoms. The molecule has 18 heavy (non-hydrogen) atoms. The first-order valence-corrected chi connectivity index (χ1v) is 5.66. The highest BCUT2D eigenvalue weighted by Crippen LogP contribution is 2.12. The van der Waals surface area contributed by atoms with E-state index in [-0.39, 0.29) is 0 Å². The molecule has 0 N–H and O–H groups in total. The molecule has 1 aromatic rings. The van der Waals surface area contributed by atoms with Crippen molar-refractivity contribution in [2.75, 3.05) is 0 Å². The first kappa shape index (κ1) is 14.5. The van der Waals surface area contributed by atoms with Gasteiger partial charge in [-0.15, -0.1) is 0 Å². The fourth-order valence-electron chi connectivity index (χ4n) is 0.972. The van der Waals surface area contributed by atoms with E-state index in [0.717, 1.165) is 0 Å². The van der Waals surface area contributed by atoms with Gasteiger partial charge in [-0.3, -0.25) is 4.89 Å². The van der Waals surface area contributed by atoms with Crippen molar-refractivity contribution in [3.63, 3.8) is 0 Å². The van der Waals surface area contributed by atoms with Crippen LogP contribution in [-0.4, -0.2) is 17.7 Å². The normalized spacial score (nSPS) is 12.9. The molecule has 0 aromatic heterocycles. The Labute approximate surface area is 106 Å². The van der Waals surface area contributed by atoms with E-state index in [0.29, 0.717) is 5.75 Å². The van der Waals surface area contributed by atoms with Crippen LogP contribution in [0.15, 0.2) is 30.3 Å². The highest BCUT2D eigenvalue weighted by Gasteiger charge is 2.20. The maximum Gasteiger partial charge on any atom is 0.385 e. The van der Waals surface area contributed by atoms with Gasteiger partial charge >= 0.3 is 5.97 Å². The summed E-state index contributed by atoms with van der Waals surface area (Å²) in [5.41, 5.74) is -0.552. The van der Waals surface area contributed by atoms with E-state index >= 15 is 0 Å². The number of ether oxygens (including phenoxy) is 1. The molecule has 0 aliphatic carbocycles. The van der Waals surface area contributed by atoms with E-state index < -0.39 is 17.7 Å². The Morgan fingerprint density at radius 2 is 1.78 bits per heavy atom. The van der Waals surface area contributed by atoms with Crippen molar-refractivity contribution in [1.82, 2.24) is 0 Å². The molecule has 0 spiro atoms. The lowest BCUT2D eigenvalue weighted by Gasteiger charge is -2.17. The van der Waals surface area contributed by atoms with Crippen LogP contribution in [0.2, 0.25) is 0 Å². The lowest BCUT2D eigenvalue weighted by Crippen LogP contribution is -2.28. The maximum absolute atomic E-state index is 11.5. The van der Waals surface area contributed by atoms with Gasteiger partial charge in [-0.25, -0.2) is 4.79 Å². The molecular weight excluding hydrogens is 236 g/mol. The summed E-state index contributed by atoms with van der Waals surface area (Å²) in [6.07, 6.45) is -0.782. The van der Waals surface area contributed by atoms with Gasteiger partial charge in [0.15, 0.2) is 6.10 Å². The summed E-state index contributed by atoms with van der Waals surface area (Å²) in [7, 11) is 0. The predicted molar refractivity (Wildman–Crippen MR) is 64.5 cm³/mol. The molecule has 5 heteroatoms. The van der Waals surface area contributed by atoms with E-state index in [1.54, 1.807) is 39.8 Å². The van der Waals surface area contributed by atoms with Crippen LogP contribution >= 0.6 is 0 Å². The van der Waals surface area contributed by atoms with Crippen molar-refractivity contribution >= 4 is 5.97 Å². The van der Waals surface area contributed by atoms with Crippen LogP contribution in [0.4, 0.5) is 0 Å². The maximum atomic E-state index is 11.5. The van der Waals surface area contributed by atoms with Crippen LogP contribution in [0.1, 0.15) is 27.7 Å². The molecule has 0 radical (unpaired) electrons. The molecule has 0 aliphatic rings. The molecule has 0 fully saturated rings. The van der Waals surface area contributed by atoms with E-state index in [4.69, 9.17) is 9.62 Å². The summed E-state index contributed by atoms with van der Waals surface area (Å²) in [6, 6.07) is 8.97. The third-order valence-electron chi connectivity index (χ3n) is 1.79. The third-order valence-corrected chi connectivity index (χ3v) is 1.79. The second-order valence-corrected chi connectivity index (χ2v) is 4.74. The van der Waals surface area contributed by atoms with Gasteiger partial charge in [0.05, 0.1) is 5.60 Å². The van der Waals surface area contributed by atoms with E-state index in [1.807, 2.05) is 18.2 Å². The standard InChI is InChI=1S/C13H18O5/c1-10(15-11-8-6-5-7-9-11)12(14)16-18-17-13(2,3)4/h5-10H,1-4H3. The molecule has 1 atom stereocenters. The molecule has 1 rings (SSSR count). The fraction of sp³-hybridized carbons (Fsp3) is 0.462. The van der Waals surface area contributed by atoms with E-state index in [9.17, 15) is 4.79 Å². The summed E-state index contributed by atoms with van der Waals surface area (Å²) in [4.78, 5) is 20.7. The van der Waals surface area contributed by atoms with Crippen molar-refractivity contribution in [3.8, 4) is 5.75 Å². The van der Waals surface area contributed by atoms with Crippen molar-refractivity contribution in [3.05, 3.63) is 30.3 Å². The summed E-state index contributed by atoms with van der Waals surface area (Å²) < 4.78 is 5.35. The second kappa shape index (κ2) is 6.37. The Balaban J connectivity index is 2.34. The molecule has 0 saturated heterocycles. The van der Waals surface area contributed by atoms with Crippen molar-refractivity contribution in [2.24, 2.45) is 0 Å². The van der Waals surface area contributed by atoms with Crippen LogP contribution in [0.5, 0.6) is 5.75 Å². The summed E-state index contributed by atoms with van der Waals surface area (Å²) in [5.74, 6) is -0.0817. The van der Waals surface area contributed by atoms with Gasteiger partial charge < -0.3 is 4.74 Å². The fourth-order valence-corrected chi connectivity index (χ4v) is 0.972. The molecule has 0 aliphatic heterocycles. The van der Waals surface area contributed by atoms with Crippen LogP contribution in [-0.2, 0) is 19.6 Å². The topological polar surface area (TPSA) is 54.0 Å². The average Bonchev–Trinajstić information content (AvgIpc) is 2.28. The molecule has 100 valence electrons. The monoisotopic (exact) mass is 254 g/mol. The molecule has 5 nitrogen and oxygen atoms in total. The lowest BCUT2D eigenvalue weighted by atomic mass is 10.2. The lowest BCUT2D eigenvalue weighted by molar-refractivity contribution is -0.515. The van der Waals surface area contributed by atoms with E-state index in [2.05, 4.69) is 9.93 Å². The Morgan fingerprint density at radius 1 is 1.17 bits per heavy atom. The predicted octanol–water partition coefficient (Wildman–Crippen LogP) is 2.66. The third kappa shape index (κ3) is 5.65. The van der Waals surface area contributed by atoms with Gasteiger partial charge in [0, 0.05) is 0 Å². The Hall–Kier alpha value is -1.59. The molecular formula is C13H18O5. The average molecular weight is 254 g/mol. The number of carbonyl (C=O) groups excluding carboxylic acids is 1. The zero-order valence-corrected chi connectivity index (χ0v) is 11.0. The van der Waals surface area contributed by atoms with Gasteiger partial charge in [-0.1, -0.05) is 18.2 Å². The number of carbonyl (C=O) groups is 1. The Bertz CT molecular complexity index is 369. The number of benzene rings is 1. The van der Waals surface area contributed by atoms with E-state index in [1.165, 1.54) is 0 Å². The van der Waals surface area contributed by atoms with Gasteiger partial charge in [0.25, 0.3) is 0 Å². The quantitative estimate of drug-likeness (QED) is 0.597.